The number of carbonyl (C=O) groups is 3. The second-order valence-electron chi connectivity index (χ2n) is 10.5. The van der Waals surface area contributed by atoms with Gasteiger partial charge in [0.1, 0.15) is 18.2 Å². The molecule has 1 aliphatic heterocycles. The van der Waals surface area contributed by atoms with E-state index < -0.39 is 29.8 Å². The number of nitrogens with zero attached hydrogens (tertiary/aromatic N) is 1. The molecule has 1 aliphatic carbocycles. The first-order valence-electron chi connectivity index (χ1n) is 12.4. The SMILES string of the molecule is CC(C)(C)OC(=O)NC(CC1CCCN(C(=O)OCC2c3ccccc3-c3ccccc32)C1)C(=O)O. The van der Waals surface area contributed by atoms with E-state index in [4.69, 9.17) is 9.47 Å². The molecule has 1 heterocycles. The van der Waals surface area contributed by atoms with E-state index in [1.165, 1.54) is 11.1 Å². The Kier molecular flexibility index (Phi) is 7.52. The van der Waals surface area contributed by atoms with Gasteiger partial charge in [0.05, 0.1) is 0 Å². The van der Waals surface area contributed by atoms with Crippen LogP contribution in [0.3, 0.4) is 0 Å². The molecule has 2 atom stereocenters. The van der Waals surface area contributed by atoms with Crippen LogP contribution in [-0.2, 0) is 14.3 Å². The number of ether oxygens (including phenoxy) is 2. The summed E-state index contributed by atoms with van der Waals surface area (Å²) in [5.41, 5.74) is 3.92. The number of likely N-dealkylation sites (tertiary alicyclic amines) is 1. The number of carbonyl (C=O) groups excluding carboxylic acids is 2. The van der Waals surface area contributed by atoms with Gasteiger partial charge in [0, 0.05) is 19.0 Å². The van der Waals surface area contributed by atoms with Gasteiger partial charge in [0.15, 0.2) is 0 Å². The number of alkyl carbamates (subject to hydrolysis) is 1. The molecule has 2 aromatic rings. The number of hydrogen-bond donors (Lipinski definition) is 2. The summed E-state index contributed by atoms with van der Waals surface area (Å²) in [6.45, 7) is 6.34. The highest BCUT2D eigenvalue weighted by Crippen LogP contribution is 2.44. The first kappa shape index (κ1) is 25.5. The molecule has 0 aromatic heterocycles. The molecule has 8 nitrogen and oxygen atoms in total. The molecule has 0 bridgehead atoms. The van der Waals surface area contributed by atoms with E-state index in [0.29, 0.717) is 13.1 Å². The molecule has 1 saturated heterocycles. The summed E-state index contributed by atoms with van der Waals surface area (Å²) in [4.78, 5) is 38.5. The zero-order chi connectivity index (χ0) is 25.9. The fourth-order valence-electron chi connectivity index (χ4n) is 5.11. The number of hydrogen-bond acceptors (Lipinski definition) is 5. The van der Waals surface area contributed by atoms with Crippen molar-refractivity contribution in [3.63, 3.8) is 0 Å². The number of rotatable bonds is 6. The van der Waals surface area contributed by atoms with Crippen LogP contribution in [0.1, 0.15) is 57.1 Å². The van der Waals surface area contributed by atoms with Crippen LogP contribution >= 0.6 is 0 Å². The van der Waals surface area contributed by atoms with Crippen molar-refractivity contribution in [1.82, 2.24) is 10.2 Å². The van der Waals surface area contributed by atoms with E-state index in [1.54, 1.807) is 25.7 Å². The molecule has 2 unspecified atom stereocenters. The highest BCUT2D eigenvalue weighted by Gasteiger charge is 2.33. The molecule has 0 radical (unpaired) electrons. The van der Waals surface area contributed by atoms with Gasteiger partial charge in [-0.1, -0.05) is 48.5 Å². The summed E-state index contributed by atoms with van der Waals surface area (Å²) in [6.07, 6.45) is 0.565. The standard InChI is InChI=1S/C28H34N2O6/c1-28(2,3)36-26(33)29-24(25(31)32)15-18-9-8-14-30(16-18)27(34)35-17-23-21-12-6-4-10-19(21)20-11-5-7-13-22(20)23/h4-7,10-13,18,23-24H,8-9,14-17H2,1-3H3,(H,29,33)(H,31,32). The summed E-state index contributed by atoms with van der Waals surface area (Å²) < 4.78 is 11.0. The maximum atomic E-state index is 13.0. The van der Waals surface area contributed by atoms with Crippen LogP contribution in [0.4, 0.5) is 9.59 Å². The molecular weight excluding hydrogens is 460 g/mol. The normalized spacial score (nSPS) is 18.1. The molecule has 1 fully saturated rings. The predicted octanol–water partition coefficient (Wildman–Crippen LogP) is 5.02. The Balaban J connectivity index is 1.35. The first-order chi connectivity index (χ1) is 17.1. The monoisotopic (exact) mass is 494 g/mol. The van der Waals surface area contributed by atoms with Gasteiger partial charge in [-0.3, -0.25) is 0 Å². The van der Waals surface area contributed by atoms with Gasteiger partial charge in [-0.2, -0.15) is 0 Å². The van der Waals surface area contributed by atoms with Crippen LogP contribution < -0.4 is 5.32 Å². The molecular formula is C28H34N2O6. The summed E-state index contributed by atoms with van der Waals surface area (Å²) >= 11 is 0. The van der Waals surface area contributed by atoms with Crippen molar-refractivity contribution >= 4 is 18.2 Å². The highest BCUT2D eigenvalue weighted by atomic mass is 16.6. The van der Waals surface area contributed by atoms with E-state index in [2.05, 4.69) is 29.6 Å². The second kappa shape index (κ2) is 10.6. The van der Waals surface area contributed by atoms with Gasteiger partial charge in [-0.25, -0.2) is 14.4 Å². The van der Waals surface area contributed by atoms with E-state index in [0.717, 1.165) is 24.0 Å². The lowest BCUT2D eigenvalue weighted by molar-refractivity contribution is -0.140. The molecule has 36 heavy (non-hydrogen) atoms. The fraction of sp³-hybridized carbons (Fsp3) is 0.464. The van der Waals surface area contributed by atoms with Crippen LogP contribution in [0.25, 0.3) is 11.1 Å². The third-order valence-electron chi connectivity index (χ3n) is 6.67. The van der Waals surface area contributed by atoms with Crippen LogP contribution in [-0.4, -0.2) is 59.5 Å². The molecule has 2 aliphatic rings. The van der Waals surface area contributed by atoms with Gasteiger partial charge < -0.3 is 24.8 Å². The zero-order valence-corrected chi connectivity index (χ0v) is 21.0. The van der Waals surface area contributed by atoms with E-state index in [9.17, 15) is 19.5 Å². The van der Waals surface area contributed by atoms with Crippen molar-refractivity contribution in [3.05, 3.63) is 59.7 Å². The van der Waals surface area contributed by atoms with E-state index in [-0.39, 0.29) is 24.9 Å². The minimum atomic E-state index is -1.13. The van der Waals surface area contributed by atoms with Gasteiger partial charge in [0.25, 0.3) is 0 Å². The Morgan fingerprint density at radius 3 is 2.25 bits per heavy atom. The fourth-order valence-corrected chi connectivity index (χ4v) is 5.11. The van der Waals surface area contributed by atoms with Gasteiger partial charge >= 0.3 is 18.2 Å². The van der Waals surface area contributed by atoms with Gasteiger partial charge in [-0.15, -0.1) is 0 Å². The second-order valence-corrected chi connectivity index (χ2v) is 10.5. The first-order valence-corrected chi connectivity index (χ1v) is 12.4. The number of aliphatic carboxylic acids is 1. The summed E-state index contributed by atoms with van der Waals surface area (Å²) in [5, 5.41) is 12.1. The molecule has 2 N–H and O–H groups in total. The lowest BCUT2D eigenvalue weighted by Gasteiger charge is -2.33. The zero-order valence-electron chi connectivity index (χ0n) is 21.0. The van der Waals surface area contributed by atoms with Crippen molar-refractivity contribution in [2.24, 2.45) is 5.92 Å². The van der Waals surface area contributed by atoms with Crippen LogP contribution in [0.5, 0.6) is 0 Å². The third kappa shape index (κ3) is 5.98. The van der Waals surface area contributed by atoms with Crippen LogP contribution in [0, 0.1) is 5.92 Å². The van der Waals surface area contributed by atoms with Crippen molar-refractivity contribution in [2.45, 2.75) is 57.6 Å². The average molecular weight is 495 g/mol. The smallest absolute Gasteiger partial charge is 0.409 e. The highest BCUT2D eigenvalue weighted by molar-refractivity contribution is 5.80. The Labute approximate surface area is 211 Å². The molecule has 2 aromatic carbocycles. The Morgan fingerprint density at radius 1 is 1.06 bits per heavy atom. The summed E-state index contributed by atoms with van der Waals surface area (Å²) in [5.74, 6) is -1.22. The van der Waals surface area contributed by atoms with Crippen LogP contribution in [0.2, 0.25) is 0 Å². The topological polar surface area (TPSA) is 105 Å². The van der Waals surface area contributed by atoms with Gasteiger partial charge in [0.2, 0.25) is 0 Å². The van der Waals surface area contributed by atoms with Crippen molar-refractivity contribution in [2.75, 3.05) is 19.7 Å². The number of fused-ring (bicyclic) bond motifs is 3. The molecule has 0 spiro atoms. The minimum absolute atomic E-state index is 0.0173. The Hall–Kier alpha value is -3.55. The van der Waals surface area contributed by atoms with Crippen molar-refractivity contribution in [3.8, 4) is 11.1 Å². The predicted molar refractivity (Wildman–Crippen MR) is 135 cm³/mol. The Bertz CT molecular complexity index is 1080. The lowest BCUT2D eigenvalue weighted by atomic mass is 9.91. The Morgan fingerprint density at radius 2 is 1.67 bits per heavy atom. The largest absolute Gasteiger partial charge is 0.480 e. The number of nitrogens with one attached hydrogen (secondary N) is 1. The number of carboxylic acids is 1. The number of benzene rings is 2. The maximum Gasteiger partial charge on any atom is 0.409 e. The lowest BCUT2D eigenvalue weighted by Crippen LogP contribution is -2.47. The van der Waals surface area contributed by atoms with E-state index in [1.807, 2.05) is 24.3 Å². The molecule has 8 heteroatoms. The molecule has 2 amide bonds. The summed E-state index contributed by atoms with van der Waals surface area (Å²) in [6, 6.07) is 15.3. The van der Waals surface area contributed by atoms with Crippen molar-refractivity contribution < 1.29 is 29.0 Å². The van der Waals surface area contributed by atoms with Crippen molar-refractivity contribution in [1.29, 1.82) is 0 Å². The molecule has 192 valence electrons. The van der Waals surface area contributed by atoms with Crippen LogP contribution in [0.15, 0.2) is 48.5 Å². The quantitative estimate of drug-likeness (QED) is 0.585. The number of carboxylic acid groups (broad SMARTS) is 1. The van der Waals surface area contributed by atoms with E-state index >= 15 is 0 Å². The molecule has 0 saturated carbocycles. The van der Waals surface area contributed by atoms with Gasteiger partial charge in [-0.05, 0) is 68.2 Å². The number of piperidine rings is 1. The maximum absolute atomic E-state index is 13.0. The minimum Gasteiger partial charge on any atom is -0.480 e. The third-order valence-corrected chi connectivity index (χ3v) is 6.67. The summed E-state index contributed by atoms with van der Waals surface area (Å²) in [7, 11) is 0. The molecule has 4 rings (SSSR count). The number of amides is 2. The average Bonchev–Trinajstić information content (AvgIpc) is 3.15.